The molecule has 0 radical (unpaired) electrons. The van der Waals surface area contributed by atoms with Crippen LogP contribution < -0.4 is 15.2 Å². The molecule has 6 heteroatoms. The van der Waals surface area contributed by atoms with Crippen molar-refractivity contribution in [3.8, 4) is 11.5 Å². The number of rotatable bonds is 3. The molecular formula is C16H15NO5. The summed E-state index contributed by atoms with van der Waals surface area (Å²) >= 11 is 0. The van der Waals surface area contributed by atoms with Gasteiger partial charge in [0.1, 0.15) is 11.3 Å². The predicted octanol–water partition coefficient (Wildman–Crippen LogP) is 2.94. The van der Waals surface area contributed by atoms with Crippen LogP contribution in [0.15, 0.2) is 42.5 Å². The summed E-state index contributed by atoms with van der Waals surface area (Å²) in [5, 5.41) is 0. The highest BCUT2D eigenvalue weighted by Crippen LogP contribution is 2.23. The van der Waals surface area contributed by atoms with E-state index >= 15 is 0 Å². The number of carbonyl (C=O) groups excluding carboxylic acids is 2. The molecule has 0 aromatic heterocycles. The molecule has 22 heavy (non-hydrogen) atoms. The summed E-state index contributed by atoms with van der Waals surface area (Å²) in [6.07, 6.45) is -0.973. The van der Waals surface area contributed by atoms with Crippen molar-refractivity contribution in [2.45, 2.75) is 6.92 Å². The largest absolute Gasteiger partial charge is 0.519 e. The average molecular weight is 301 g/mol. The Morgan fingerprint density at radius 1 is 1.00 bits per heavy atom. The number of nitrogen functional groups attached to an aromatic ring is 1. The maximum atomic E-state index is 11.8. The monoisotopic (exact) mass is 301 g/mol. The van der Waals surface area contributed by atoms with Crippen molar-refractivity contribution in [3.63, 3.8) is 0 Å². The Labute approximate surface area is 127 Å². The van der Waals surface area contributed by atoms with Gasteiger partial charge in [0, 0.05) is 11.8 Å². The lowest BCUT2D eigenvalue weighted by molar-refractivity contribution is 0.0597. The SMILES string of the molecule is COC(=O)c1ccc(N)cc1OC(=O)Oc1ccc(C)cc1. The molecule has 0 aliphatic heterocycles. The predicted molar refractivity (Wildman–Crippen MR) is 80.0 cm³/mol. The van der Waals surface area contributed by atoms with Crippen LogP contribution in [0.3, 0.4) is 0 Å². The molecule has 0 atom stereocenters. The molecule has 2 aromatic carbocycles. The maximum Gasteiger partial charge on any atom is 0.519 e. The van der Waals surface area contributed by atoms with E-state index in [1.165, 1.54) is 25.3 Å². The van der Waals surface area contributed by atoms with Crippen LogP contribution in [0.25, 0.3) is 0 Å². The third-order valence-corrected chi connectivity index (χ3v) is 2.83. The minimum atomic E-state index is -0.973. The van der Waals surface area contributed by atoms with Crippen molar-refractivity contribution in [1.82, 2.24) is 0 Å². The number of benzene rings is 2. The van der Waals surface area contributed by atoms with E-state index in [0.29, 0.717) is 11.4 Å². The number of carbonyl (C=O) groups is 2. The summed E-state index contributed by atoms with van der Waals surface area (Å²) < 4.78 is 14.7. The zero-order valence-corrected chi connectivity index (χ0v) is 12.2. The van der Waals surface area contributed by atoms with Gasteiger partial charge >= 0.3 is 12.1 Å². The number of anilines is 1. The van der Waals surface area contributed by atoms with E-state index in [4.69, 9.17) is 15.2 Å². The van der Waals surface area contributed by atoms with Crippen LogP contribution >= 0.6 is 0 Å². The first-order valence-corrected chi connectivity index (χ1v) is 6.44. The Kier molecular flexibility index (Phi) is 4.63. The van der Waals surface area contributed by atoms with Crippen LogP contribution in [0.4, 0.5) is 10.5 Å². The Bertz CT molecular complexity index is 694. The summed E-state index contributed by atoms with van der Waals surface area (Å²) in [5.41, 5.74) is 7.08. The van der Waals surface area contributed by atoms with Gasteiger partial charge in [0.05, 0.1) is 7.11 Å². The highest BCUT2D eigenvalue weighted by Gasteiger charge is 2.17. The molecule has 0 unspecified atom stereocenters. The van der Waals surface area contributed by atoms with Gasteiger partial charge in [0.15, 0.2) is 5.75 Å². The normalized spacial score (nSPS) is 9.91. The molecule has 0 spiro atoms. The number of hydrogen-bond acceptors (Lipinski definition) is 6. The second-order valence-electron chi connectivity index (χ2n) is 4.51. The first-order valence-electron chi connectivity index (χ1n) is 6.44. The lowest BCUT2D eigenvalue weighted by Crippen LogP contribution is -2.16. The average Bonchev–Trinajstić information content (AvgIpc) is 2.49. The van der Waals surface area contributed by atoms with Crippen LogP contribution in [0, 0.1) is 6.92 Å². The molecule has 2 aromatic rings. The minimum absolute atomic E-state index is 0.0241. The highest BCUT2D eigenvalue weighted by atomic mass is 16.7. The lowest BCUT2D eigenvalue weighted by atomic mass is 10.2. The van der Waals surface area contributed by atoms with Crippen molar-refractivity contribution in [2.75, 3.05) is 12.8 Å². The Balaban J connectivity index is 2.15. The second kappa shape index (κ2) is 6.62. The molecule has 0 saturated heterocycles. The Morgan fingerprint density at radius 3 is 2.32 bits per heavy atom. The first kappa shape index (κ1) is 15.4. The Hall–Kier alpha value is -3.02. The van der Waals surface area contributed by atoms with Crippen LogP contribution in [-0.2, 0) is 4.74 Å². The first-order chi connectivity index (χ1) is 10.5. The van der Waals surface area contributed by atoms with Gasteiger partial charge in [-0.05, 0) is 31.2 Å². The second-order valence-corrected chi connectivity index (χ2v) is 4.51. The number of aryl methyl sites for hydroxylation is 1. The van der Waals surface area contributed by atoms with Crippen molar-refractivity contribution in [1.29, 1.82) is 0 Å². The van der Waals surface area contributed by atoms with Crippen LogP contribution in [0.5, 0.6) is 11.5 Å². The number of hydrogen-bond donors (Lipinski definition) is 1. The van der Waals surface area contributed by atoms with Gasteiger partial charge in [-0.1, -0.05) is 17.7 Å². The molecule has 0 heterocycles. The summed E-state index contributed by atoms with van der Waals surface area (Å²) in [5.74, 6) is -0.332. The van der Waals surface area contributed by atoms with E-state index in [2.05, 4.69) is 4.74 Å². The van der Waals surface area contributed by atoms with E-state index < -0.39 is 12.1 Å². The van der Waals surface area contributed by atoms with Gasteiger partial charge in [0.2, 0.25) is 0 Å². The van der Waals surface area contributed by atoms with Gasteiger partial charge < -0.3 is 19.9 Å². The highest BCUT2D eigenvalue weighted by molar-refractivity contribution is 5.93. The fourth-order valence-corrected chi connectivity index (χ4v) is 1.72. The van der Waals surface area contributed by atoms with Crippen molar-refractivity contribution in [3.05, 3.63) is 53.6 Å². The number of esters is 1. The van der Waals surface area contributed by atoms with Crippen LogP contribution in [-0.4, -0.2) is 19.2 Å². The van der Waals surface area contributed by atoms with Crippen molar-refractivity contribution in [2.24, 2.45) is 0 Å². The molecule has 0 bridgehead atoms. The molecule has 0 aliphatic carbocycles. The molecule has 0 aliphatic rings. The number of nitrogens with two attached hydrogens (primary N) is 1. The van der Waals surface area contributed by atoms with Gasteiger partial charge in [0.25, 0.3) is 0 Å². The van der Waals surface area contributed by atoms with Gasteiger partial charge in [-0.25, -0.2) is 9.59 Å². The van der Waals surface area contributed by atoms with Crippen molar-refractivity contribution < 1.29 is 23.8 Å². The summed E-state index contributed by atoms with van der Waals surface area (Å²) in [7, 11) is 1.23. The van der Waals surface area contributed by atoms with E-state index in [9.17, 15) is 9.59 Å². The van der Waals surface area contributed by atoms with E-state index in [-0.39, 0.29) is 11.3 Å². The molecule has 6 nitrogen and oxygen atoms in total. The van der Waals surface area contributed by atoms with Crippen molar-refractivity contribution >= 4 is 17.8 Å². The zero-order chi connectivity index (χ0) is 16.1. The van der Waals surface area contributed by atoms with Gasteiger partial charge in [-0.2, -0.15) is 0 Å². The van der Waals surface area contributed by atoms with E-state index in [0.717, 1.165) is 5.56 Å². The molecule has 114 valence electrons. The van der Waals surface area contributed by atoms with Crippen LogP contribution in [0.1, 0.15) is 15.9 Å². The van der Waals surface area contributed by atoms with Crippen LogP contribution in [0.2, 0.25) is 0 Å². The maximum absolute atomic E-state index is 11.8. The van der Waals surface area contributed by atoms with E-state index in [1.807, 2.05) is 6.92 Å². The number of ether oxygens (including phenoxy) is 3. The molecule has 0 amide bonds. The molecule has 0 saturated carbocycles. The quantitative estimate of drug-likeness (QED) is 0.533. The molecule has 2 rings (SSSR count). The fourth-order valence-electron chi connectivity index (χ4n) is 1.72. The minimum Gasteiger partial charge on any atom is -0.465 e. The topological polar surface area (TPSA) is 87.9 Å². The molecule has 2 N–H and O–H groups in total. The smallest absolute Gasteiger partial charge is 0.465 e. The lowest BCUT2D eigenvalue weighted by Gasteiger charge is -2.09. The standard InChI is InChI=1S/C16H15NO5/c1-10-3-6-12(7-4-10)21-16(19)22-14-9-11(17)5-8-13(14)15(18)20-2/h3-9H,17H2,1-2H3. The summed E-state index contributed by atoms with van der Waals surface area (Å²) in [4.78, 5) is 23.4. The molecule has 0 fully saturated rings. The number of methoxy groups -OCH3 is 1. The zero-order valence-electron chi connectivity index (χ0n) is 12.2. The molecular weight excluding hydrogens is 286 g/mol. The third-order valence-electron chi connectivity index (χ3n) is 2.83. The van der Waals surface area contributed by atoms with Gasteiger partial charge in [-0.3, -0.25) is 0 Å². The van der Waals surface area contributed by atoms with E-state index in [1.54, 1.807) is 24.3 Å². The summed E-state index contributed by atoms with van der Waals surface area (Å²) in [6.45, 7) is 1.91. The summed E-state index contributed by atoms with van der Waals surface area (Å²) in [6, 6.07) is 11.1. The van der Waals surface area contributed by atoms with Gasteiger partial charge in [-0.15, -0.1) is 0 Å². The third kappa shape index (κ3) is 3.76. The Morgan fingerprint density at radius 2 is 1.68 bits per heavy atom. The fraction of sp³-hybridized carbons (Fsp3) is 0.125.